The van der Waals surface area contributed by atoms with Crippen LogP contribution in [0.15, 0.2) is 83.8 Å². The Kier molecular flexibility index (Phi) is 9.81. The molecular weight excluding hydrogens is 553 g/mol. The standard InChI is InChI=1S/C30H33ClFN3O4S/c1-22(30(37)33-24-13-4-2-5-14-24)34(20-23-12-8-10-18-27(23)32)29(36)21-35(28-19-11-9-17-26(28)31)40(38,39)25-15-6-3-7-16-25/h3,6-12,15-19,22,24H,2,4-5,13-14,20-21H2,1H3,(H,33,37)/t22-/m0/s1. The number of nitrogens with one attached hydrogen (secondary N) is 1. The summed E-state index contributed by atoms with van der Waals surface area (Å²) in [6.07, 6.45) is 4.86. The highest BCUT2D eigenvalue weighted by Crippen LogP contribution is 2.31. The number of para-hydroxylation sites is 1. The van der Waals surface area contributed by atoms with Crippen LogP contribution in [0.2, 0.25) is 5.02 Å². The second-order valence-electron chi connectivity index (χ2n) is 9.91. The van der Waals surface area contributed by atoms with Gasteiger partial charge in [-0.1, -0.05) is 79.4 Å². The molecule has 1 N–H and O–H groups in total. The van der Waals surface area contributed by atoms with Gasteiger partial charge in [-0.2, -0.15) is 0 Å². The van der Waals surface area contributed by atoms with Crippen molar-refractivity contribution in [1.82, 2.24) is 10.2 Å². The molecule has 0 aromatic heterocycles. The first kappa shape index (κ1) is 29.6. The Morgan fingerprint density at radius 2 is 1.57 bits per heavy atom. The molecule has 1 fully saturated rings. The number of nitrogens with zero attached hydrogens (tertiary/aromatic N) is 2. The van der Waals surface area contributed by atoms with Gasteiger partial charge in [0, 0.05) is 18.2 Å². The smallest absolute Gasteiger partial charge is 0.264 e. The molecule has 10 heteroatoms. The number of amides is 2. The van der Waals surface area contributed by atoms with Crippen molar-refractivity contribution < 1.29 is 22.4 Å². The van der Waals surface area contributed by atoms with Crippen molar-refractivity contribution in [3.63, 3.8) is 0 Å². The average molecular weight is 586 g/mol. The second kappa shape index (κ2) is 13.3. The van der Waals surface area contributed by atoms with Crippen LogP contribution in [0.5, 0.6) is 0 Å². The van der Waals surface area contributed by atoms with Gasteiger partial charge in [0.15, 0.2) is 0 Å². The van der Waals surface area contributed by atoms with E-state index >= 15 is 0 Å². The molecule has 212 valence electrons. The Hall–Kier alpha value is -3.43. The lowest BCUT2D eigenvalue weighted by Gasteiger charge is -2.33. The molecule has 40 heavy (non-hydrogen) atoms. The van der Waals surface area contributed by atoms with Crippen molar-refractivity contribution >= 4 is 39.1 Å². The minimum Gasteiger partial charge on any atom is -0.352 e. The summed E-state index contributed by atoms with van der Waals surface area (Å²) in [5, 5.41) is 3.16. The number of benzene rings is 3. The molecule has 1 atom stereocenters. The first-order valence-corrected chi connectivity index (χ1v) is 15.2. The summed E-state index contributed by atoms with van der Waals surface area (Å²) in [5.41, 5.74) is 0.329. The fourth-order valence-corrected chi connectivity index (χ4v) is 6.59. The number of anilines is 1. The van der Waals surface area contributed by atoms with Gasteiger partial charge < -0.3 is 10.2 Å². The lowest BCUT2D eigenvalue weighted by Crippen LogP contribution is -2.53. The maximum atomic E-state index is 14.7. The molecule has 3 aromatic rings. The Bertz CT molecular complexity index is 1430. The Morgan fingerprint density at radius 1 is 0.950 bits per heavy atom. The zero-order valence-electron chi connectivity index (χ0n) is 22.3. The quantitative estimate of drug-likeness (QED) is 0.338. The van der Waals surface area contributed by atoms with Crippen LogP contribution in [0.3, 0.4) is 0 Å². The highest BCUT2D eigenvalue weighted by molar-refractivity contribution is 7.92. The van der Waals surface area contributed by atoms with Gasteiger partial charge in [0.05, 0.1) is 15.6 Å². The van der Waals surface area contributed by atoms with Gasteiger partial charge in [0.2, 0.25) is 11.8 Å². The van der Waals surface area contributed by atoms with Gasteiger partial charge >= 0.3 is 0 Å². The fourth-order valence-electron chi connectivity index (χ4n) is 4.85. The normalized spacial score (nSPS) is 14.8. The molecular formula is C30H33ClFN3O4S. The molecule has 0 spiro atoms. The summed E-state index contributed by atoms with van der Waals surface area (Å²) < 4.78 is 43.2. The second-order valence-corrected chi connectivity index (χ2v) is 12.2. The van der Waals surface area contributed by atoms with Gasteiger partial charge in [-0.15, -0.1) is 0 Å². The van der Waals surface area contributed by atoms with E-state index in [0.717, 1.165) is 36.4 Å². The van der Waals surface area contributed by atoms with Crippen LogP contribution in [0, 0.1) is 5.82 Å². The van der Waals surface area contributed by atoms with Crippen LogP contribution in [0.25, 0.3) is 0 Å². The van der Waals surface area contributed by atoms with E-state index in [1.54, 1.807) is 43.3 Å². The summed E-state index contributed by atoms with van der Waals surface area (Å²) in [7, 11) is -4.23. The molecule has 1 aliphatic carbocycles. The first-order valence-electron chi connectivity index (χ1n) is 13.3. The minimum absolute atomic E-state index is 0.00666. The molecule has 4 rings (SSSR count). The van der Waals surface area contributed by atoms with E-state index in [4.69, 9.17) is 11.6 Å². The fraction of sp³-hybridized carbons (Fsp3) is 0.333. The monoisotopic (exact) mass is 585 g/mol. The van der Waals surface area contributed by atoms with Crippen LogP contribution < -0.4 is 9.62 Å². The van der Waals surface area contributed by atoms with Crippen LogP contribution in [-0.4, -0.2) is 43.8 Å². The van der Waals surface area contributed by atoms with E-state index in [0.29, 0.717) is 0 Å². The molecule has 2 amide bonds. The number of rotatable bonds is 10. The number of carbonyl (C=O) groups excluding carboxylic acids is 2. The van der Waals surface area contributed by atoms with E-state index in [2.05, 4.69) is 5.32 Å². The maximum Gasteiger partial charge on any atom is 0.264 e. The molecule has 1 aliphatic rings. The molecule has 0 saturated heterocycles. The number of hydrogen-bond donors (Lipinski definition) is 1. The summed E-state index contributed by atoms with van der Waals surface area (Å²) in [6.45, 7) is 0.714. The lowest BCUT2D eigenvalue weighted by atomic mass is 9.95. The SMILES string of the molecule is C[C@@H](C(=O)NC1CCCCC1)N(Cc1ccccc1F)C(=O)CN(c1ccccc1Cl)S(=O)(=O)c1ccccc1. The van der Waals surface area contributed by atoms with Gasteiger partial charge in [-0.3, -0.25) is 13.9 Å². The topological polar surface area (TPSA) is 86.8 Å². The molecule has 0 heterocycles. The van der Waals surface area contributed by atoms with Crippen molar-refractivity contribution in [2.24, 2.45) is 0 Å². The van der Waals surface area contributed by atoms with Gasteiger partial charge in [-0.05, 0) is 50.1 Å². The molecule has 0 unspecified atom stereocenters. The lowest BCUT2D eigenvalue weighted by molar-refractivity contribution is -0.139. The predicted octanol–water partition coefficient (Wildman–Crippen LogP) is 5.54. The van der Waals surface area contributed by atoms with E-state index in [1.807, 2.05) is 0 Å². The van der Waals surface area contributed by atoms with Crippen LogP contribution in [0.1, 0.15) is 44.6 Å². The number of sulfonamides is 1. The number of carbonyl (C=O) groups is 2. The zero-order valence-corrected chi connectivity index (χ0v) is 23.9. The third kappa shape index (κ3) is 7.01. The Balaban J connectivity index is 1.68. The predicted molar refractivity (Wildman–Crippen MR) is 154 cm³/mol. The maximum absolute atomic E-state index is 14.7. The van der Waals surface area contributed by atoms with Crippen molar-refractivity contribution in [1.29, 1.82) is 0 Å². The van der Waals surface area contributed by atoms with Crippen molar-refractivity contribution in [3.05, 3.63) is 95.3 Å². The number of halogens is 2. The molecule has 3 aromatic carbocycles. The van der Waals surface area contributed by atoms with Gasteiger partial charge in [-0.25, -0.2) is 12.8 Å². The molecule has 0 radical (unpaired) electrons. The molecule has 1 saturated carbocycles. The van der Waals surface area contributed by atoms with Crippen LogP contribution in [-0.2, 0) is 26.2 Å². The van der Waals surface area contributed by atoms with E-state index in [1.165, 1.54) is 47.4 Å². The van der Waals surface area contributed by atoms with Crippen molar-refractivity contribution in [2.45, 2.75) is 62.6 Å². The van der Waals surface area contributed by atoms with E-state index < -0.39 is 34.3 Å². The highest BCUT2D eigenvalue weighted by Gasteiger charge is 2.34. The van der Waals surface area contributed by atoms with Crippen molar-refractivity contribution in [3.8, 4) is 0 Å². The Labute approximate surface area is 240 Å². The first-order chi connectivity index (χ1) is 19.2. The number of hydrogen-bond acceptors (Lipinski definition) is 4. The van der Waals surface area contributed by atoms with Crippen LogP contribution in [0.4, 0.5) is 10.1 Å². The largest absolute Gasteiger partial charge is 0.352 e. The van der Waals surface area contributed by atoms with Crippen LogP contribution >= 0.6 is 11.6 Å². The highest BCUT2D eigenvalue weighted by atomic mass is 35.5. The third-order valence-corrected chi connectivity index (χ3v) is 9.24. The third-order valence-electron chi connectivity index (χ3n) is 7.15. The summed E-state index contributed by atoms with van der Waals surface area (Å²) >= 11 is 6.40. The Morgan fingerprint density at radius 3 is 2.25 bits per heavy atom. The molecule has 7 nitrogen and oxygen atoms in total. The minimum atomic E-state index is -4.23. The van der Waals surface area contributed by atoms with Gasteiger partial charge in [0.1, 0.15) is 18.4 Å². The summed E-state index contributed by atoms with van der Waals surface area (Å²) in [5.74, 6) is -1.57. The summed E-state index contributed by atoms with van der Waals surface area (Å²) in [6, 6.07) is 19.1. The van der Waals surface area contributed by atoms with Gasteiger partial charge in [0.25, 0.3) is 10.0 Å². The van der Waals surface area contributed by atoms with E-state index in [-0.39, 0.29) is 39.7 Å². The molecule has 0 bridgehead atoms. The molecule has 0 aliphatic heterocycles. The van der Waals surface area contributed by atoms with Crippen molar-refractivity contribution in [2.75, 3.05) is 10.8 Å². The average Bonchev–Trinajstić information content (AvgIpc) is 2.96. The summed E-state index contributed by atoms with van der Waals surface area (Å²) in [4.78, 5) is 28.5. The zero-order chi connectivity index (χ0) is 28.7. The van der Waals surface area contributed by atoms with E-state index in [9.17, 15) is 22.4 Å².